The molecule has 21 heavy (non-hydrogen) atoms. The Morgan fingerprint density at radius 1 is 1.33 bits per heavy atom. The second-order valence-electron chi connectivity index (χ2n) is 5.52. The Hall–Kier alpha value is -2.04. The maximum atomic E-state index is 12.0. The largest absolute Gasteiger partial charge is 0.467 e. The number of anilines is 1. The van der Waals surface area contributed by atoms with E-state index in [-0.39, 0.29) is 5.91 Å². The van der Waals surface area contributed by atoms with E-state index in [0.717, 1.165) is 5.56 Å². The highest BCUT2D eigenvalue weighted by atomic mass is 16.5. The van der Waals surface area contributed by atoms with E-state index in [2.05, 4.69) is 5.32 Å². The Balaban J connectivity index is 2.51. The van der Waals surface area contributed by atoms with Crippen molar-refractivity contribution in [1.29, 1.82) is 0 Å². The summed E-state index contributed by atoms with van der Waals surface area (Å²) in [6.45, 7) is 3.99. The molecule has 1 aromatic carbocycles. The van der Waals surface area contributed by atoms with Gasteiger partial charge < -0.3 is 15.8 Å². The Kier molecular flexibility index (Phi) is 6.72. The average molecular weight is 292 g/mol. The van der Waals surface area contributed by atoms with Gasteiger partial charge in [0.05, 0.1) is 7.11 Å². The van der Waals surface area contributed by atoms with E-state index >= 15 is 0 Å². The SMILES string of the molecule is COC(=O)[C@H](CC(C)C)NC(=O)CCc1cccc(N)c1. The summed E-state index contributed by atoms with van der Waals surface area (Å²) in [6, 6.07) is 6.86. The smallest absolute Gasteiger partial charge is 0.328 e. The Morgan fingerprint density at radius 2 is 2.05 bits per heavy atom. The predicted molar refractivity (Wildman–Crippen MR) is 82.6 cm³/mol. The minimum Gasteiger partial charge on any atom is -0.467 e. The number of hydrogen-bond acceptors (Lipinski definition) is 4. The van der Waals surface area contributed by atoms with Crippen molar-refractivity contribution in [2.75, 3.05) is 12.8 Å². The fraction of sp³-hybridized carbons (Fsp3) is 0.500. The van der Waals surface area contributed by atoms with Gasteiger partial charge in [0.15, 0.2) is 0 Å². The molecule has 0 saturated carbocycles. The minimum absolute atomic E-state index is 0.159. The lowest BCUT2D eigenvalue weighted by Crippen LogP contribution is -2.42. The van der Waals surface area contributed by atoms with Crippen molar-refractivity contribution in [2.45, 2.75) is 39.2 Å². The van der Waals surface area contributed by atoms with Gasteiger partial charge in [-0.3, -0.25) is 4.79 Å². The molecular formula is C16H24N2O3. The van der Waals surface area contributed by atoms with Crippen LogP contribution in [0.4, 0.5) is 5.69 Å². The Bertz CT molecular complexity index is 486. The van der Waals surface area contributed by atoms with E-state index in [1.807, 2.05) is 32.0 Å². The molecule has 116 valence electrons. The second kappa shape index (κ2) is 8.29. The molecule has 3 N–H and O–H groups in total. The summed E-state index contributed by atoms with van der Waals surface area (Å²) in [5.41, 5.74) is 7.38. The van der Waals surface area contributed by atoms with E-state index in [0.29, 0.717) is 30.9 Å². The number of nitrogens with two attached hydrogens (primary N) is 1. The lowest BCUT2D eigenvalue weighted by molar-refractivity contribution is -0.145. The van der Waals surface area contributed by atoms with Gasteiger partial charge in [-0.2, -0.15) is 0 Å². The number of methoxy groups -OCH3 is 1. The first-order valence-corrected chi connectivity index (χ1v) is 7.14. The van der Waals surface area contributed by atoms with Crippen LogP contribution >= 0.6 is 0 Å². The summed E-state index contributed by atoms with van der Waals surface area (Å²) in [5.74, 6) is -0.266. The molecule has 1 aromatic rings. The van der Waals surface area contributed by atoms with Gasteiger partial charge in [-0.15, -0.1) is 0 Å². The fourth-order valence-electron chi connectivity index (χ4n) is 2.10. The highest BCUT2D eigenvalue weighted by molar-refractivity contribution is 5.84. The minimum atomic E-state index is -0.580. The van der Waals surface area contributed by atoms with Crippen molar-refractivity contribution in [3.05, 3.63) is 29.8 Å². The van der Waals surface area contributed by atoms with Crippen molar-refractivity contribution in [1.82, 2.24) is 5.32 Å². The molecule has 0 aromatic heterocycles. The summed E-state index contributed by atoms with van der Waals surface area (Å²) in [5, 5.41) is 2.74. The van der Waals surface area contributed by atoms with Gasteiger partial charge in [0.25, 0.3) is 0 Å². The van der Waals surface area contributed by atoms with E-state index < -0.39 is 12.0 Å². The molecular weight excluding hydrogens is 268 g/mol. The molecule has 1 amide bonds. The van der Waals surface area contributed by atoms with Crippen LogP contribution in [0.2, 0.25) is 0 Å². The van der Waals surface area contributed by atoms with Crippen LogP contribution in [-0.4, -0.2) is 25.0 Å². The number of carbonyl (C=O) groups excluding carboxylic acids is 2. The molecule has 5 heteroatoms. The summed E-state index contributed by atoms with van der Waals surface area (Å²) in [7, 11) is 1.33. The molecule has 0 unspecified atom stereocenters. The van der Waals surface area contributed by atoms with Crippen molar-refractivity contribution < 1.29 is 14.3 Å². The Morgan fingerprint density at radius 3 is 2.62 bits per heavy atom. The molecule has 0 spiro atoms. The van der Waals surface area contributed by atoms with Crippen LogP contribution in [0, 0.1) is 5.92 Å². The molecule has 0 bridgehead atoms. The third-order valence-electron chi connectivity index (χ3n) is 3.12. The topological polar surface area (TPSA) is 81.4 Å². The van der Waals surface area contributed by atoms with E-state index in [4.69, 9.17) is 10.5 Å². The first-order valence-electron chi connectivity index (χ1n) is 7.14. The molecule has 5 nitrogen and oxygen atoms in total. The van der Waals surface area contributed by atoms with Crippen molar-refractivity contribution >= 4 is 17.6 Å². The Labute approximate surface area is 125 Å². The van der Waals surface area contributed by atoms with Gasteiger partial charge in [0, 0.05) is 12.1 Å². The van der Waals surface area contributed by atoms with Crippen LogP contribution in [-0.2, 0) is 20.7 Å². The summed E-state index contributed by atoms with van der Waals surface area (Å²) in [4.78, 5) is 23.6. The van der Waals surface area contributed by atoms with E-state index in [1.54, 1.807) is 6.07 Å². The van der Waals surface area contributed by atoms with Crippen molar-refractivity contribution in [3.63, 3.8) is 0 Å². The summed E-state index contributed by atoms with van der Waals surface area (Å²) < 4.78 is 4.72. The maximum absolute atomic E-state index is 12.0. The van der Waals surface area contributed by atoms with E-state index in [9.17, 15) is 9.59 Å². The fourth-order valence-corrected chi connectivity index (χ4v) is 2.10. The maximum Gasteiger partial charge on any atom is 0.328 e. The van der Waals surface area contributed by atoms with Gasteiger partial charge in [-0.1, -0.05) is 26.0 Å². The van der Waals surface area contributed by atoms with Crippen LogP contribution in [0.5, 0.6) is 0 Å². The lowest BCUT2D eigenvalue weighted by atomic mass is 10.0. The number of aryl methyl sites for hydroxylation is 1. The number of carbonyl (C=O) groups is 2. The quantitative estimate of drug-likeness (QED) is 0.594. The van der Waals surface area contributed by atoms with Crippen LogP contribution in [0.3, 0.4) is 0 Å². The standard InChI is InChI=1S/C16H24N2O3/c1-11(2)9-14(16(20)21-3)18-15(19)8-7-12-5-4-6-13(17)10-12/h4-6,10-11,14H,7-9,17H2,1-3H3,(H,18,19)/t14-/m0/s1. The van der Waals surface area contributed by atoms with Crippen LogP contribution in [0.1, 0.15) is 32.3 Å². The molecule has 0 radical (unpaired) electrons. The number of benzene rings is 1. The summed E-state index contributed by atoms with van der Waals surface area (Å²) >= 11 is 0. The molecule has 0 fully saturated rings. The zero-order valence-corrected chi connectivity index (χ0v) is 12.9. The number of nitrogen functional groups attached to an aromatic ring is 1. The van der Waals surface area contributed by atoms with Crippen LogP contribution in [0.25, 0.3) is 0 Å². The number of ether oxygens (including phenoxy) is 1. The van der Waals surface area contributed by atoms with Crippen LogP contribution < -0.4 is 11.1 Å². The van der Waals surface area contributed by atoms with Gasteiger partial charge in [-0.25, -0.2) is 4.79 Å². The third kappa shape index (κ3) is 6.29. The molecule has 0 saturated heterocycles. The molecule has 0 aliphatic rings. The highest BCUT2D eigenvalue weighted by Gasteiger charge is 2.22. The first-order chi connectivity index (χ1) is 9.92. The molecule has 1 atom stereocenters. The number of hydrogen-bond donors (Lipinski definition) is 2. The zero-order chi connectivity index (χ0) is 15.8. The number of amides is 1. The normalized spacial score (nSPS) is 12.0. The van der Waals surface area contributed by atoms with Gasteiger partial charge in [-0.05, 0) is 36.5 Å². The lowest BCUT2D eigenvalue weighted by Gasteiger charge is -2.18. The number of rotatable bonds is 7. The molecule has 0 aliphatic heterocycles. The zero-order valence-electron chi connectivity index (χ0n) is 12.9. The number of nitrogens with one attached hydrogen (secondary N) is 1. The van der Waals surface area contributed by atoms with Gasteiger partial charge >= 0.3 is 5.97 Å². The van der Waals surface area contributed by atoms with E-state index in [1.165, 1.54) is 7.11 Å². The van der Waals surface area contributed by atoms with Gasteiger partial charge in [0.2, 0.25) is 5.91 Å². The molecule has 0 heterocycles. The second-order valence-corrected chi connectivity index (χ2v) is 5.52. The highest BCUT2D eigenvalue weighted by Crippen LogP contribution is 2.10. The molecule has 1 rings (SSSR count). The van der Waals surface area contributed by atoms with Gasteiger partial charge in [0.1, 0.15) is 6.04 Å². The molecule has 0 aliphatic carbocycles. The van der Waals surface area contributed by atoms with Crippen molar-refractivity contribution in [3.8, 4) is 0 Å². The van der Waals surface area contributed by atoms with Crippen molar-refractivity contribution in [2.24, 2.45) is 5.92 Å². The average Bonchev–Trinajstić information content (AvgIpc) is 2.43. The van der Waals surface area contributed by atoms with Crippen LogP contribution in [0.15, 0.2) is 24.3 Å². The summed E-state index contributed by atoms with van der Waals surface area (Å²) in [6.07, 6.45) is 1.47. The first kappa shape index (κ1) is 17.0. The number of esters is 1. The third-order valence-corrected chi connectivity index (χ3v) is 3.12. The monoisotopic (exact) mass is 292 g/mol. The predicted octanol–water partition coefficient (Wildman–Crippen LogP) is 1.91.